The molecule has 0 radical (unpaired) electrons. The van der Waals surface area contributed by atoms with E-state index in [0.29, 0.717) is 17.1 Å². The number of fused-ring (bicyclic) bond motifs is 1. The van der Waals surface area contributed by atoms with Gasteiger partial charge in [-0.15, -0.1) is 0 Å². The van der Waals surface area contributed by atoms with Crippen LogP contribution in [0.3, 0.4) is 0 Å². The van der Waals surface area contributed by atoms with Crippen LogP contribution in [0.5, 0.6) is 11.5 Å². The molecule has 4 rings (SSSR count). The first kappa shape index (κ1) is 13.6. The van der Waals surface area contributed by atoms with Crippen molar-refractivity contribution in [2.24, 2.45) is 0 Å². The first-order chi connectivity index (χ1) is 10.7. The van der Waals surface area contributed by atoms with Crippen molar-refractivity contribution in [3.8, 4) is 11.5 Å². The minimum absolute atomic E-state index is 0.122. The molecule has 2 aromatic rings. The van der Waals surface area contributed by atoms with Crippen LogP contribution in [0.15, 0.2) is 46.9 Å². The maximum atomic E-state index is 12.6. The molecule has 0 bridgehead atoms. The van der Waals surface area contributed by atoms with Gasteiger partial charge >= 0.3 is 0 Å². The number of benzene rings is 2. The second-order valence-electron chi connectivity index (χ2n) is 5.58. The van der Waals surface area contributed by atoms with Crippen molar-refractivity contribution in [1.29, 1.82) is 0 Å². The van der Waals surface area contributed by atoms with Crippen LogP contribution < -0.4 is 14.8 Å². The zero-order valence-electron chi connectivity index (χ0n) is 11.8. The minimum Gasteiger partial charge on any atom is -0.454 e. The Balaban J connectivity index is 1.60. The summed E-state index contributed by atoms with van der Waals surface area (Å²) in [6, 6.07) is 13.5. The van der Waals surface area contributed by atoms with Gasteiger partial charge in [-0.05, 0) is 42.7 Å². The highest BCUT2D eigenvalue weighted by Crippen LogP contribution is 2.46. The molecule has 2 aliphatic rings. The van der Waals surface area contributed by atoms with Crippen molar-refractivity contribution in [3.63, 3.8) is 0 Å². The van der Waals surface area contributed by atoms with Crippen LogP contribution in [0.2, 0.25) is 0 Å². The summed E-state index contributed by atoms with van der Waals surface area (Å²) >= 11 is 3.44. The fraction of sp³-hybridized carbons (Fsp3) is 0.235. The van der Waals surface area contributed by atoms with Crippen LogP contribution in [0.25, 0.3) is 0 Å². The SMILES string of the molecule is O=C(NC1(c2ccc(Br)cc2)CC1)c1cccc2c1OCO2. The van der Waals surface area contributed by atoms with Crippen molar-refractivity contribution in [2.75, 3.05) is 6.79 Å². The Morgan fingerprint density at radius 1 is 1.09 bits per heavy atom. The number of rotatable bonds is 3. The van der Waals surface area contributed by atoms with E-state index in [1.54, 1.807) is 12.1 Å². The molecule has 1 aliphatic carbocycles. The molecule has 1 fully saturated rings. The zero-order valence-corrected chi connectivity index (χ0v) is 13.4. The lowest BCUT2D eigenvalue weighted by atomic mass is 10.0. The summed E-state index contributed by atoms with van der Waals surface area (Å²) in [5.41, 5.74) is 1.41. The van der Waals surface area contributed by atoms with Gasteiger partial charge in [0, 0.05) is 4.47 Å². The van der Waals surface area contributed by atoms with Crippen LogP contribution in [0.1, 0.15) is 28.8 Å². The van der Waals surface area contributed by atoms with Crippen molar-refractivity contribution in [3.05, 3.63) is 58.1 Å². The van der Waals surface area contributed by atoms with E-state index < -0.39 is 0 Å². The highest BCUT2D eigenvalue weighted by atomic mass is 79.9. The van der Waals surface area contributed by atoms with Crippen molar-refractivity contribution in [2.45, 2.75) is 18.4 Å². The van der Waals surface area contributed by atoms with Gasteiger partial charge in [0.2, 0.25) is 6.79 Å². The molecule has 2 aromatic carbocycles. The molecule has 4 nitrogen and oxygen atoms in total. The van der Waals surface area contributed by atoms with E-state index in [2.05, 4.69) is 21.2 Å². The largest absolute Gasteiger partial charge is 0.454 e. The zero-order chi connectivity index (χ0) is 15.2. The standard InChI is InChI=1S/C17H14BrNO3/c18-12-6-4-11(5-7-12)17(8-9-17)19-16(20)13-2-1-3-14-15(13)22-10-21-14/h1-7H,8-10H2,(H,19,20). The van der Waals surface area contributed by atoms with E-state index in [-0.39, 0.29) is 18.2 Å². The molecule has 112 valence electrons. The number of carbonyl (C=O) groups is 1. The van der Waals surface area contributed by atoms with E-state index in [0.717, 1.165) is 22.9 Å². The molecular weight excluding hydrogens is 346 g/mol. The molecule has 0 unspecified atom stereocenters. The first-order valence-corrected chi connectivity index (χ1v) is 7.94. The van der Waals surface area contributed by atoms with Gasteiger partial charge in [0.15, 0.2) is 11.5 Å². The van der Waals surface area contributed by atoms with E-state index in [4.69, 9.17) is 9.47 Å². The van der Waals surface area contributed by atoms with Crippen molar-refractivity contribution < 1.29 is 14.3 Å². The minimum atomic E-state index is -0.250. The Kier molecular flexibility index (Phi) is 3.11. The fourth-order valence-electron chi connectivity index (χ4n) is 2.77. The molecule has 1 aliphatic heterocycles. The first-order valence-electron chi connectivity index (χ1n) is 7.15. The van der Waals surface area contributed by atoms with Gasteiger partial charge in [0.05, 0.1) is 11.1 Å². The third-order valence-electron chi connectivity index (χ3n) is 4.14. The lowest BCUT2D eigenvalue weighted by Gasteiger charge is -2.18. The number of ether oxygens (including phenoxy) is 2. The number of amides is 1. The summed E-state index contributed by atoms with van der Waals surface area (Å²) in [6.07, 6.45) is 1.90. The summed E-state index contributed by atoms with van der Waals surface area (Å²) < 4.78 is 11.8. The summed E-state index contributed by atoms with van der Waals surface area (Å²) in [4.78, 5) is 12.6. The predicted molar refractivity (Wildman–Crippen MR) is 85.1 cm³/mol. The molecule has 22 heavy (non-hydrogen) atoms. The van der Waals surface area contributed by atoms with E-state index in [1.807, 2.05) is 30.3 Å². The highest BCUT2D eigenvalue weighted by Gasteiger charge is 2.46. The molecule has 0 atom stereocenters. The summed E-state index contributed by atoms with van der Waals surface area (Å²) in [5.74, 6) is 1.04. The van der Waals surface area contributed by atoms with E-state index in [1.165, 1.54) is 0 Å². The lowest BCUT2D eigenvalue weighted by Crippen LogP contribution is -2.34. The molecule has 1 heterocycles. The number of nitrogens with one attached hydrogen (secondary N) is 1. The summed E-state index contributed by atoms with van der Waals surface area (Å²) in [5, 5.41) is 3.16. The number of para-hydroxylation sites is 1. The van der Waals surface area contributed by atoms with Crippen molar-refractivity contribution in [1.82, 2.24) is 5.32 Å². The van der Waals surface area contributed by atoms with Crippen LogP contribution in [0.4, 0.5) is 0 Å². The fourth-order valence-corrected chi connectivity index (χ4v) is 3.04. The molecule has 1 N–H and O–H groups in total. The van der Waals surface area contributed by atoms with Gasteiger partial charge in [-0.1, -0.05) is 34.1 Å². The Labute approximate surface area is 136 Å². The number of hydrogen-bond acceptors (Lipinski definition) is 3. The van der Waals surface area contributed by atoms with Crippen molar-refractivity contribution >= 4 is 21.8 Å². The Hall–Kier alpha value is -2.01. The monoisotopic (exact) mass is 359 g/mol. The van der Waals surface area contributed by atoms with E-state index >= 15 is 0 Å². The van der Waals surface area contributed by atoms with Gasteiger partial charge in [-0.3, -0.25) is 4.79 Å². The predicted octanol–water partition coefficient (Wildman–Crippen LogP) is 3.60. The Morgan fingerprint density at radius 2 is 1.86 bits per heavy atom. The maximum Gasteiger partial charge on any atom is 0.255 e. The maximum absolute atomic E-state index is 12.6. The molecular formula is C17H14BrNO3. The Bertz CT molecular complexity index is 738. The average molecular weight is 360 g/mol. The summed E-state index contributed by atoms with van der Waals surface area (Å²) in [7, 11) is 0. The number of halogens is 1. The molecule has 1 saturated carbocycles. The highest BCUT2D eigenvalue weighted by molar-refractivity contribution is 9.10. The van der Waals surface area contributed by atoms with Crippen LogP contribution in [-0.4, -0.2) is 12.7 Å². The normalized spacial score (nSPS) is 17.1. The molecule has 5 heteroatoms. The average Bonchev–Trinajstić information content (AvgIpc) is 3.13. The summed E-state index contributed by atoms with van der Waals surface area (Å²) in [6.45, 7) is 0.164. The van der Waals surface area contributed by atoms with Gasteiger partial charge < -0.3 is 14.8 Å². The third-order valence-corrected chi connectivity index (χ3v) is 4.67. The lowest BCUT2D eigenvalue weighted by molar-refractivity contribution is 0.0926. The molecule has 0 aromatic heterocycles. The topological polar surface area (TPSA) is 47.6 Å². The second kappa shape index (κ2) is 5.02. The Morgan fingerprint density at radius 3 is 2.59 bits per heavy atom. The molecule has 0 spiro atoms. The van der Waals surface area contributed by atoms with Crippen LogP contribution in [0, 0.1) is 0 Å². The third kappa shape index (κ3) is 2.25. The quantitative estimate of drug-likeness (QED) is 0.910. The number of hydrogen-bond donors (Lipinski definition) is 1. The second-order valence-corrected chi connectivity index (χ2v) is 6.50. The number of carbonyl (C=O) groups excluding carboxylic acids is 1. The van der Waals surface area contributed by atoms with Gasteiger partial charge in [-0.25, -0.2) is 0 Å². The van der Waals surface area contributed by atoms with Crippen LogP contribution >= 0.6 is 15.9 Å². The van der Waals surface area contributed by atoms with Gasteiger partial charge in [0.1, 0.15) is 0 Å². The van der Waals surface area contributed by atoms with Crippen LogP contribution in [-0.2, 0) is 5.54 Å². The van der Waals surface area contributed by atoms with Gasteiger partial charge in [0.25, 0.3) is 5.91 Å². The smallest absolute Gasteiger partial charge is 0.255 e. The van der Waals surface area contributed by atoms with Gasteiger partial charge in [-0.2, -0.15) is 0 Å². The molecule has 0 saturated heterocycles. The van der Waals surface area contributed by atoms with E-state index in [9.17, 15) is 4.79 Å². The molecule has 1 amide bonds.